The number of carbonyl (C=O) groups excluding carboxylic acids is 1. The summed E-state index contributed by atoms with van der Waals surface area (Å²) in [6.07, 6.45) is 3.81. The summed E-state index contributed by atoms with van der Waals surface area (Å²) in [6.45, 7) is 0. The Morgan fingerprint density at radius 1 is 1.00 bits per heavy atom. The minimum absolute atomic E-state index is 0.0299. The molecule has 4 heteroatoms. The van der Waals surface area contributed by atoms with Crippen molar-refractivity contribution in [1.82, 2.24) is 4.57 Å². The van der Waals surface area contributed by atoms with Crippen LogP contribution in [0.3, 0.4) is 0 Å². The molecule has 0 spiro atoms. The van der Waals surface area contributed by atoms with Gasteiger partial charge in [0.1, 0.15) is 0 Å². The van der Waals surface area contributed by atoms with Gasteiger partial charge < -0.3 is 4.57 Å². The van der Waals surface area contributed by atoms with Crippen molar-refractivity contribution in [2.75, 3.05) is 0 Å². The van der Waals surface area contributed by atoms with E-state index in [1.54, 1.807) is 6.20 Å². The van der Waals surface area contributed by atoms with Crippen molar-refractivity contribution in [2.24, 2.45) is 0 Å². The Balaban J connectivity index is 2.23. The lowest BCUT2D eigenvalue weighted by Gasteiger charge is -2.20. The van der Waals surface area contributed by atoms with E-state index in [0.29, 0.717) is 12.0 Å². The highest BCUT2D eigenvalue weighted by Gasteiger charge is 2.22. The standard InChI is InChI=1S/C15H12BrNO2/c16-10-4-6-11(7-5-10)17-9-8-14(19)15-12(17)2-1-3-13(15)18/h4-9H,1-3H2. The number of pyridine rings is 1. The summed E-state index contributed by atoms with van der Waals surface area (Å²) < 4.78 is 2.95. The van der Waals surface area contributed by atoms with Crippen LogP contribution in [0.1, 0.15) is 28.9 Å². The topological polar surface area (TPSA) is 39.1 Å². The van der Waals surface area contributed by atoms with Gasteiger partial charge in [0.2, 0.25) is 0 Å². The molecule has 0 saturated heterocycles. The highest BCUT2D eigenvalue weighted by molar-refractivity contribution is 9.10. The fourth-order valence-corrected chi connectivity index (χ4v) is 2.77. The summed E-state index contributed by atoms with van der Waals surface area (Å²) in [5.41, 5.74) is 2.02. The maximum atomic E-state index is 11.9. The summed E-state index contributed by atoms with van der Waals surface area (Å²) in [7, 11) is 0. The Morgan fingerprint density at radius 2 is 1.74 bits per heavy atom. The van der Waals surface area contributed by atoms with E-state index in [4.69, 9.17) is 0 Å². The summed E-state index contributed by atoms with van der Waals surface area (Å²) in [6, 6.07) is 9.31. The number of nitrogens with zero attached hydrogens (tertiary/aromatic N) is 1. The van der Waals surface area contributed by atoms with Crippen molar-refractivity contribution in [1.29, 1.82) is 0 Å². The quantitative estimate of drug-likeness (QED) is 0.810. The second kappa shape index (κ2) is 4.78. The van der Waals surface area contributed by atoms with Gasteiger partial charge in [0.15, 0.2) is 11.2 Å². The Morgan fingerprint density at radius 3 is 2.47 bits per heavy atom. The van der Waals surface area contributed by atoms with E-state index in [2.05, 4.69) is 15.9 Å². The molecule has 1 aliphatic rings. The second-order valence-electron chi connectivity index (χ2n) is 4.62. The average molecular weight is 318 g/mol. The van der Waals surface area contributed by atoms with Crippen LogP contribution in [-0.4, -0.2) is 10.4 Å². The summed E-state index contributed by atoms with van der Waals surface area (Å²) >= 11 is 3.40. The van der Waals surface area contributed by atoms with E-state index in [1.165, 1.54) is 6.07 Å². The molecule has 19 heavy (non-hydrogen) atoms. The molecule has 0 radical (unpaired) electrons. The molecule has 0 unspecified atom stereocenters. The third kappa shape index (κ3) is 2.16. The van der Waals surface area contributed by atoms with E-state index >= 15 is 0 Å². The lowest BCUT2D eigenvalue weighted by molar-refractivity contribution is 0.0970. The van der Waals surface area contributed by atoms with Crippen molar-refractivity contribution in [2.45, 2.75) is 19.3 Å². The molecule has 1 aromatic heterocycles. The zero-order chi connectivity index (χ0) is 13.4. The first-order valence-electron chi connectivity index (χ1n) is 6.20. The summed E-state index contributed by atoms with van der Waals surface area (Å²) in [4.78, 5) is 23.8. The minimum Gasteiger partial charge on any atom is -0.320 e. The van der Waals surface area contributed by atoms with Crippen LogP contribution < -0.4 is 5.43 Å². The number of hydrogen-bond donors (Lipinski definition) is 0. The number of benzene rings is 1. The molecule has 3 rings (SSSR count). The van der Waals surface area contributed by atoms with Gasteiger partial charge in [0.25, 0.3) is 0 Å². The number of carbonyl (C=O) groups is 1. The predicted molar refractivity (Wildman–Crippen MR) is 77.0 cm³/mol. The van der Waals surface area contributed by atoms with Crippen molar-refractivity contribution in [3.63, 3.8) is 0 Å². The van der Waals surface area contributed by atoms with E-state index in [-0.39, 0.29) is 11.2 Å². The highest BCUT2D eigenvalue weighted by atomic mass is 79.9. The first kappa shape index (κ1) is 12.4. The molecule has 1 aromatic carbocycles. The van der Waals surface area contributed by atoms with Crippen LogP contribution in [0, 0.1) is 0 Å². The minimum atomic E-state index is -0.159. The number of rotatable bonds is 1. The van der Waals surface area contributed by atoms with Crippen molar-refractivity contribution in [3.8, 4) is 5.69 Å². The van der Waals surface area contributed by atoms with Crippen molar-refractivity contribution >= 4 is 21.7 Å². The Bertz CT molecular complexity index is 701. The summed E-state index contributed by atoms with van der Waals surface area (Å²) in [5, 5.41) is 0. The van der Waals surface area contributed by atoms with Crippen molar-refractivity contribution < 1.29 is 4.79 Å². The van der Waals surface area contributed by atoms with Crippen LogP contribution >= 0.6 is 15.9 Å². The van der Waals surface area contributed by atoms with Crippen LogP contribution in [-0.2, 0) is 6.42 Å². The molecule has 0 N–H and O–H groups in total. The molecule has 0 bridgehead atoms. The Labute approximate surface area is 119 Å². The molecule has 96 valence electrons. The van der Waals surface area contributed by atoms with E-state index < -0.39 is 0 Å². The number of fused-ring (bicyclic) bond motifs is 1. The molecule has 2 aromatic rings. The number of ketones is 1. The molecule has 3 nitrogen and oxygen atoms in total. The van der Waals surface area contributed by atoms with Gasteiger partial charge in [-0.2, -0.15) is 0 Å². The normalized spacial score (nSPS) is 14.3. The predicted octanol–water partition coefficient (Wildman–Crippen LogP) is 3.12. The fraction of sp³-hybridized carbons (Fsp3) is 0.200. The third-order valence-electron chi connectivity index (χ3n) is 3.40. The van der Waals surface area contributed by atoms with E-state index in [0.717, 1.165) is 28.7 Å². The van der Waals surface area contributed by atoms with Gasteiger partial charge in [-0.25, -0.2) is 0 Å². The van der Waals surface area contributed by atoms with Gasteiger partial charge in [-0.1, -0.05) is 15.9 Å². The molecule has 0 fully saturated rings. The van der Waals surface area contributed by atoms with Gasteiger partial charge in [0.05, 0.1) is 5.56 Å². The molecule has 0 saturated carbocycles. The van der Waals surface area contributed by atoms with Crippen LogP contribution in [0.5, 0.6) is 0 Å². The van der Waals surface area contributed by atoms with E-state index in [9.17, 15) is 9.59 Å². The van der Waals surface area contributed by atoms with Gasteiger partial charge in [-0.05, 0) is 37.1 Å². The molecule has 1 aliphatic carbocycles. The molecular weight excluding hydrogens is 306 g/mol. The van der Waals surface area contributed by atoms with Gasteiger partial charge >= 0.3 is 0 Å². The van der Waals surface area contributed by atoms with Crippen LogP contribution in [0.15, 0.2) is 45.8 Å². The molecular formula is C15H12BrNO2. The van der Waals surface area contributed by atoms with Gasteiger partial charge in [-0.3, -0.25) is 9.59 Å². The number of hydrogen-bond acceptors (Lipinski definition) is 2. The lowest BCUT2D eigenvalue weighted by Crippen LogP contribution is -2.25. The average Bonchev–Trinajstić information content (AvgIpc) is 2.41. The fourth-order valence-electron chi connectivity index (χ4n) is 2.51. The van der Waals surface area contributed by atoms with E-state index in [1.807, 2.05) is 28.8 Å². The van der Waals surface area contributed by atoms with Crippen LogP contribution in [0.2, 0.25) is 0 Å². The second-order valence-corrected chi connectivity index (χ2v) is 5.54. The third-order valence-corrected chi connectivity index (χ3v) is 3.93. The number of Topliss-reactive ketones (excluding diaryl/α,β-unsaturated/α-hetero) is 1. The SMILES string of the molecule is O=C1CCCc2c1c(=O)ccn2-c1ccc(Br)cc1. The van der Waals surface area contributed by atoms with Crippen molar-refractivity contribution in [3.05, 3.63) is 62.5 Å². The number of aromatic nitrogens is 1. The monoisotopic (exact) mass is 317 g/mol. The maximum Gasteiger partial charge on any atom is 0.192 e. The zero-order valence-electron chi connectivity index (χ0n) is 10.2. The maximum absolute atomic E-state index is 11.9. The smallest absolute Gasteiger partial charge is 0.192 e. The first-order chi connectivity index (χ1) is 9.16. The highest BCUT2D eigenvalue weighted by Crippen LogP contribution is 2.22. The molecule has 1 heterocycles. The first-order valence-corrected chi connectivity index (χ1v) is 7.00. The molecule has 0 aliphatic heterocycles. The summed E-state index contributed by atoms with van der Waals surface area (Å²) in [5.74, 6) is -0.0299. The van der Waals surface area contributed by atoms with Gasteiger partial charge in [-0.15, -0.1) is 0 Å². The lowest BCUT2D eigenvalue weighted by atomic mass is 9.94. The zero-order valence-corrected chi connectivity index (χ0v) is 11.8. The van der Waals surface area contributed by atoms with Crippen LogP contribution in [0.4, 0.5) is 0 Å². The van der Waals surface area contributed by atoms with Gasteiger partial charge in [0, 0.05) is 34.5 Å². The Hall–Kier alpha value is -1.68. The Kier molecular flexibility index (Phi) is 3.11. The number of halogens is 1. The van der Waals surface area contributed by atoms with Crippen LogP contribution in [0.25, 0.3) is 5.69 Å². The molecule has 0 amide bonds. The molecule has 0 atom stereocenters. The largest absolute Gasteiger partial charge is 0.320 e.